The molecule has 19 heteroatoms. The largest absolute Gasteiger partial charge is 0.396 e. The molecule has 2 aliphatic heterocycles. The molecule has 0 bridgehead atoms. The molecule has 6 unspecified atom stereocenters. The number of azide groups is 1. The number of amides is 1. The molecule has 2 heterocycles. The molecule has 1 aliphatic carbocycles. The standard InChI is InChI=1S/C30H57N7O12/c1-32-19-7-20(33-2)26(18(13-41)25(19)48-29-17(12-40)24(34-3)28(45-6)22(47-29)14-43-4)49-30-27(44-5)16(11-39)15(10-38)21(46-30)8-35-23(42)9-36-37-31/h15-22,24-30,32-34,38-41H,7-14H2,1-6H3,(H,35,42)/t15-,16?,17?,18?,19+,20?,21?,22?,24-,25-,26-,27-,28+,29+,30+/m0/s1. The molecular weight excluding hydrogens is 650 g/mol. The Morgan fingerprint density at radius 1 is 0.776 bits per heavy atom. The van der Waals surface area contributed by atoms with E-state index in [2.05, 4.69) is 31.3 Å². The Kier molecular flexibility index (Phi) is 17.8. The van der Waals surface area contributed by atoms with E-state index in [-0.39, 0.29) is 57.7 Å². The van der Waals surface area contributed by atoms with Crippen LogP contribution < -0.4 is 21.3 Å². The van der Waals surface area contributed by atoms with Crippen molar-refractivity contribution >= 4 is 5.91 Å². The number of aliphatic hydroxyl groups excluding tert-OH is 4. The number of carbonyl (C=O) groups excluding carboxylic acids is 1. The maximum absolute atomic E-state index is 12.2. The molecule has 0 aromatic heterocycles. The lowest BCUT2D eigenvalue weighted by molar-refractivity contribution is -0.325. The summed E-state index contributed by atoms with van der Waals surface area (Å²) in [4.78, 5) is 14.8. The molecule has 3 fully saturated rings. The highest BCUT2D eigenvalue weighted by atomic mass is 16.7. The molecule has 3 rings (SSSR count). The highest BCUT2D eigenvalue weighted by Gasteiger charge is 2.53. The zero-order chi connectivity index (χ0) is 36.1. The summed E-state index contributed by atoms with van der Waals surface area (Å²) in [5.41, 5.74) is 8.55. The normalized spacial score (nSPS) is 39.7. The van der Waals surface area contributed by atoms with E-state index in [4.69, 9.17) is 38.7 Å². The van der Waals surface area contributed by atoms with Crippen molar-refractivity contribution in [3.8, 4) is 0 Å². The highest BCUT2D eigenvalue weighted by Crippen LogP contribution is 2.39. The third kappa shape index (κ3) is 9.76. The zero-order valence-electron chi connectivity index (χ0n) is 29.2. The summed E-state index contributed by atoms with van der Waals surface area (Å²) in [6, 6.07) is -0.932. The van der Waals surface area contributed by atoms with E-state index >= 15 is 0 Å². The van der Waals surface area contributed by atoms with Crippen molar-refractivity contribution in [2.45, 2.75) is 73.8 Å². The van der Waals surface area contributed by atoms with Gasteiger partial charge in [-0.15, -0.1) is 0 Å². The van der Waals surface area contributed by atoms with Gasteiger partial charge in [-0.05, 0) is 33.1 Å². The average molecular weight is 708 g/mol. The third-order valence-corrected chi connectivity index (χ3v) is 10.2. The third-order valence-electron chi connectivity index (χ3n) is 10.2. The fourth-order valence-electron chi connectivity index (χ4n) is 7.63. The van der Waals surface area contributed by atoms with Gasteiger partial charge >= 0.3 is 0 Å². The number of hydrogen-bond donors (Lipinski definition) is 8. The number of nitrogens with one attached hydrogen (secondary N) is 4. The first kappa shape index (κ1) is 41.6. The Balaban J connectivity index is 1.93. The van der Waals surface area contributed by atoms with Crippen molar-refractivity contribution < 1.29 is 58.4 Å². The van der Waals surface area contributed by atoms with Crippen LogP contribution in [-0.4, -0.2) is 182 Å². The maximum atomic E-state index is 12.2. The number of carbonyl (C=O) groups is 1. The fourth-order valence-corrected chi connectivity index (χ4v) is 7.63. The van der Waals surface area contributed by atoms with E-state index in [0.717, 1.165) is 0 Å². The fraction of sp³-hybridized carbons (Fsp3) is 0.967. The van der Waals surface area contributed by atoms with Crippen LogP contribution in [0.2, 0.25) is 0 Å². The van der Waals surface area contributed by atoms with Crippen LogP contribution in [0, 0.1) is 23.7 Å². The Hall–Kier alpha value is -1.78. The second-order valence-corrected chi connectivity index (χ2v) is 12.6. The van der Waals surface area contributed by atoms with Crippen LogP contribution in [0.3, 0.4) is 0 Å². The van der Waals surface area contributed by atoms with Crippen molar-refractivity contribution in [2.24, 2.45) is 28.8 Å². The highest BCUT2D eigenvalue weighted by molar-refractivity contribution is 5.78. The van der Waals surface area contributed by atoms with E-state index in [1.54, 1.807) is 35.4 Å². The molecule has 3 aliphatic rings. The number of rotatable bonds is 19. The minimum Gasteiger partial charge on any atom is -0.396 e. The van der Waals surface area contributed by atoms with Gasteiger partial charge in [-0.1, -0.05) is 5.11 Å². The molecule has 0 spiro atoms. The molecule has 15 atom stereocenters. The number of likely N-dealkylation sites (N-methyl/N-ethyl adjacent to an activating group) is 3. The average Bonchev–Trinajstić information content (AvgIpc) is 3.12. The van der Waals surface area contributed by atoms with Gasteiger partial charge < -0.3 is 74.9 Å². The molecular formula is C30H57N7O12. The lowest BCUT2D eigenvalue weighted by Gasteiger charge is -2.52. The van der Waals surface area contributed by atoms with Crippen molar-refractivity contribution in [3.05, 3.63) is 10.4 Å². The van der Waals surface area contributed by atoms with E-state index in [0.29, 0.717) is 6.42 Å². The Morgan fingerprint density at radius 3 is 1.84 bits per heavy atom. The SMILES string of the molecule is CNC1C[C@@H](NC)[C@@H](O[C@H]2OC(COC)[C@@H](OC)[C@@H](NC)C2CO)C(CO)[C@@H]1O[C@H]1OC(CNC(=O)CN=[N+]=[N-])[C@@H](CO)C(CO)[C@@H]1OC. The van der Waals surface area contributed by atoms with E-state index in [1.165, 1.54) is 7.11 Å². The van der Waals surface area contributed by atoms with Gasteiger partial charge in [0, 0.05) is 81.9 Å². The number of hydrogen-bond acceptors (Lipinski definition) is 16. The summed E-state index contributed by atoms with van der Waals surface area (Å²) in [7, 11) is 9.93. The number of nitrogens with zero attached hydrogens (tertiary/aromatic N) is 3. The first-order valence-electron chi connectivity index (χ1n) is 16.6. The lowest BCUT2D eigenvalue weighted by Crippen LogP contribution is -2.67. The molecule has 284 valence electrons. The first-order valence-corrected chi connectivity index (χ1v) is 16.6. The van der Waals surface area contributed by atoms with E-state index < -0.39 is 85.3 Å². The lowest BCUT2D eigenvalue weighted by atomic mass is 9.77. The van der Waals surface area contributed by atoms with Crippen molar-refractivity contribution in [2.75, 3.05) is 88.6 Å². The molecule has 19 nitrogen and oxygen atoms in total. The molecule has 49 heavy (non-hydrogen) atoms. The predicted octanol–water partition coefficient (Wildman–Crippen LogP) is -3.09. The van der Waals surface area contributed by atoms with Crippen LogP contribution in [0.25, 0.3) is 10.4 Å². The Bertz CT molecular complexity index is 1030. The topological polar surface area (TPSA) is 259 Å². The summed E-state index contributed by atoms with van der Waals surface area (Å²) in [6.45, 7) is -1.62. The van der Waals surface area contributed by atoms with Crippen molar-refractivity contribution in [3.63, 3.8) is 0 Å². The smallest absolute Gasteiger partial charge is 0.225 e. The van der Waals surface area contributed by atoms with Gasteiger partial charge in [0.25, 0.3) is 0 Å². The Morgan fingerprint density at radius 2 is 1.35 bits per heavy atom. The van der Waals surface area contributed by atoms with Crippen LogP contribution >= 0.6 is 0 Å². The second kappa shape index (κ2) is 20.9. The number of ether oxygens (including phenoxy) is 7. The maximum Gasteiger partial charge on any atom is 0.225 e. The first-order chi connectivity index (χ1) is 23.7. The molecule has 0 radical (unpaired) electrons. The molecule has 2 saturated heterocycles. The molecule has 0 aromatic carbocycles. The van der Waals surface area contributed by atoms with Crippen LogP contribution in [0.5, 0.6) is 0 Å². The quantitative estimate of drug-likeness (QED) is 0.0376. The summed E-state index contributed by atoms with van der Waals surface area (Å²) < 4.78 is 43.0. The minimum absolute atomic E-state index is 0.0613. The van der Waals surface area contributed by atoms with Crippen LogP contribution in [0.1, 0.15) is 6.42 Å². The van der Waals surface area contributed by atoms with Gasteiger partial charge in [-0.25, -0.2) is 0 Å². The van der Waals surface area contributed by atoms with Crippen LogP contribution in [-0.2, 0) is 38.0 Å². The number of aliphatic hydroxyl groups is 4. The van der Waals surface area contributed by atoms with E-state index in [1.807, 2.05) is 0 Å². The van der Waals surface area contributed by atoms with Crippen LogP contribution in [0.4, 0.5) is 0 Å². The second-order valence-electron chi connectivity index (χ2n) is 12.6. The molecule has 0 aromatic rings. The van der Waals surface area contributed by atoms with Gasteiger partial charge in [0.1, 0.15) is 24.9 Å². The summed E-state index contributed by atoms with van der Waals surface area (Å²) in [5.74, 6) is -3.00. The van der Waals surface area contributed by atoms with Crippen molar-refractivity contribution in [1.82, 2.24) is 21.3 Å². The molecule has 1 saturated carbocycles. The summed E-state index contributed by atoms with van der Waals surface area (Å²) in [5, 5.41) is 57.9. The van der Waals surface area contributed by atoms with Gasteiger partial charge in [-0.3, -0.25) is 4.79 Å². The predicted molar refractivity (Wildman–Crippen MR) is 173 cm³/mol. The molecule has 8 N–H and O–H groups in total. The van der Waals surface area contributed by atoms with Gasteiger partial charge in [-0.2, -0.15) is 0 Å². The zero-order valence-corrected chi connectivity index (χ0v) is 29.2. The van der Waals surface area contributed by atoms with Crippen LogP contribution in [0.15, 0.2) is 5.11 Å². The van der Waals surface area contributed by atoms with Gasteiger partial charge in [0.2, 0.25) is 5.91 Å². The Labute approximate surface area is 287 Å². The number of methoxy groups -OCH3 is 3. The van der Waals surface area contributed by atoms with Gasteiger partial charge in [0.15, 0.2) is 12.6 Å². The monoisotopic (exact) mass is 707 g/mol. The summed E-state index contributed by atoms with van der Waals surface area (Å²) in [6.07, 6.45) is -5.48. The van der Waals surface area contributed by atoms with Gasteiger partial charge in [0.05, 0.1) is 44.1 Å². The molecule has 1 amide bonds. The summed E-state index contributed by atoms with van der Waals surface area (Å²) >= 11 is 0. The van der Waals surface area contributed by atoms with Crippen molar-refractivity contribution in [1.29, 1.82) is 0 Å². The minimum atomic E-state index is -1.09. The van der Waals surface area contributed by atoms with E-state index in [9.17, 15) is 25.2 Å².